The highest BCUT2D eigenvalue weighted by molar-refractivity contribution is 7.80. The fraction of sp³-hybridized carbons (Fsp3) is 0.375. The Labute approximate surface area is 147 Å². The van der Waals surface area contributed by atoms with Crippen molar-refractivity contribution >= 4 is 39.8 Å². The highest BCUT2D eigenvalue weighted by Crippen LogP contribution is 2.30. The molecule has 0 fully saturated rings. The Morgan fingerprint density at radius 1 is 1.28 bits per heavy atom. The van der Waals surface area contributed by atoms with Gasteiger partial charge in [-0.2, -0.15) is 0 Å². The molecule has 1 atom stereocenters. The molecule has 9 heteroatoms. The number of carboxylic acid groups (broad SMARTS) is 1. The van der Waals surface area contributed by atoms with E-state index in [0.29, 0.717) is 10.9 Å². The molecule has 1 aromatic carbocycles. The fourth-order valence-corrected chi connectivity index (χ4v) is 2.95. The van der Waals surface area contributed by atoms with Gasteiger partial charge in [0.1, 0.15) is 18.7 Å². The van der Waals surface area contributed by atoms with Gasteiger partial charge in [-0.15, -0.1) is 0 Å². The number of para-hydroxylation sites is 1. The topological polar surface area (TPSA) is 109 Å². The van der Waals surface area contributed by atoms with E-state index in [1.54, 1.807) is 45.0 Å². The predicted molar refractivity (Wildman–Crippen MR) is 93.5 cm³/mol. The van der Waals surface area contributed by atoms with E-state index in [2.05, 4.69) is 0 Å². The van der Waals surface area contributed by atoms with E-state index in [0.717, 1.165) is 4.31 Å². The van der Waals surface area contributed by atoms with Gasteiger partial charge in [0.05, 0.1) is 11.2 Å². The SMILES string of the molecule is CC(C)(C)OC(=O)CN(c1cn(CC(=O)O)c2ccccc12)S(=O)O. The van der Waals surface area contributed by atoms with E-state index in [-0.39, 0.29) is 12.2 Å². The quantitative estimate of drug-likeness (QED) is 0.596. The van der Waals surface area contributed by atoms with E-state index in [9.17, 15) is 18.4 Å². The first-order chi connectivity index (χ1) is 11.6. The maximum absolute atomic E-state index is 12.1. The van der Waals surface area contributed by atoms with Crippen molar-refractivity contribution in [2.75, 3.05) is 10.8 Å². The van der Waals surface area contributed by atoms with Crippen LogP contribution in [-0.2, 0) is 32.1 Å². The third-order valence-electron chi connectivity index (χ3n) is 3.22. The number of anilines is 1. The number of hydrogen-bond donors (Lipinski definition) is 2. The second-order valence-electron chi connectivity index (χ2n) is 6.41. The summed E-state index contributed by atoms with van der Waals surface area (Å²) in [6, 6.07) is 6.85. The summed E-state index contributed by atoms with van der Waals surface area (Å²) in [5.41, 5.74) is 0.139. The summed E-state index contributed by atoms with van der Waals surface area (Å²) in [7, 11) is 0. The number of benzene rings is 1. The van der Waals surface area contributed by atoms with E-state index >= 15 is 0 Å². The third-order valence-corrected chi connectivity index (χ3v) is 3.93. The van der Waals surface area contributed by atoms with Crippen molar-refractivity contribution in [2.45, 2.75) is 32.9 Å². The first-order valence-corrected chi connectivity index (χ1v) is 8.55. The Morgan fingerprint density at radius 2 is 1.92 bits per heavy atom. The molecule has 0 aliphatic rings. The molecular formula is C16H20N2O6S. The van der Waals surface area contributed by atoms with Gasteiger partial charge in [-0.1, -0.05) is 18.2 Å². The van der Waals surface area contributed by atoms with Crippen LogP contribution in [0.25, 0.3) is 10.9 Å². The summed E-state index contributed by atoms with van der Waals surface area (Å²) in [6.07, 6.45) is 1.44. The highest BCUT2D eigenvalue weighted by atomic mass is 32.2. The van der Waals surface area contributed by atoms with Crippen LogP contribution in [0.5, 0.6) is 0 Å². The van der Waals surface area contributed by atoms with Crippen LogP contribution in [-0.4, -0.2) is 42.5 Å². The Morgan fingerprint density at radius 3 is 2.48 bits per heavy atom. The first-order valence-electron chi connectivity index (χ1n) is 7.48. The molecule has 0 saturated carbocycles. The van der Waals surface area contributed by atoms with Crippen LogP contribution >= 0.6 is 0 Å². The lowest BCUT2D eigenvalue weighted by Crippen LogP contribution is -2.35. The monoisotopic (exact) mass is 368 g/mol. The second kappa shape index (κ2) is 7.24. The third kappa shape index (κ3) is 4.80. The van der Waals surface area contributed by atoms with Gasteiger partial charge < -0.3 is 14.4 Å². The number of aromatic nitrogens is 1. The molecule has 0 spiro atoms. The van der Waals surface area contributed by atoms with Crippen LogP contribution in [0, 0.1) is 0 Å². The molecule has 1 unspecified atom stereocenters. The number of ether oxygens (including phenoxy) is 1. The summed E-state index contributed by atoms with van der Waals surface area (Å²) in [5.74, 6) is -1.71. The van der Waals surface area contributed by atoms with Crippen LogP contribution < -0.4 is 4.31 Å². The average molecular weight is 368 g/mol. The zero-order valence-electron chi connectivity index (χ0n) is 14.1. The standard InChI is InChI=1S/C16H20N2O6S/c1-16(2,3)24-15(21)10-18(25(22)23)13-8-17(9-14(19)20)12-7-5-4-6-11(12)13/h4-8H,9-10H2,1-3H3,(H,19,20)(H,22,23). The molecular weight excluding hydrogens is 348 g/mol. The number of carbonyl (C=O) groups is 2. The summed E-state index contributed by atoms with van der Waals surface area (Å²) in [4.78, 5) is 23.1. The van der Waals surface area contributed by atoms with Gasteiger partial charge >= 0.3 is 11.9 Å². The molecule has 0 saturated heterocycles. The summed E-state index contributed by atoms with van der Waals surface area (Å²) in [5, 5.41) is 9.60. The summed E-state index contributed by atoms with van der Waals surface area (Å²) in [6.45, 7) is 4.35. The Bertz CT molecular complexity index is 824. The van der Waals surface area contributed by atoms with Gasteiger partial charge in [-0.05, 0) is 26.8 Å². The van der Waals surface area contributed by atoms with Gasteiger partial charge in [-0.25, -0.2) is 4.21 Å². The molecule has 1 aromatic heterocycles. The number of fused-ring (bicyclic) bond motifs is 1. The van der Waals surface area contributed by atoms with Gasteiger partial charge in [0.2, 0.25) is 0 Å². The first kappa shape index (κ1) is 18.9. The average Bonchev–Trinajstić information content (AvgIpc) is 2.81. The molecule has 0 aliphatic carbocycles. The normalized spacial score (nSPS) is 12.8. The van der Waals surface area contributed by atoms with Gasteiger partial charge in [0.25, 0.3) is 11.3 Å². The van der Waals surface area contributed by atoms with Crippen molar-refractivity contribution in [3.05, 3.63) is 30.5 Å². The molecule has 1 heterocycles. The molecule has 2 N–H and O–H groups in total. The van der Waals surface area contributed by atoms with Gasteiger partial charge in [0, 0.05) is 11.6 Å². The van der Waals surface area contributed by atoms with Crippen molar-refractivity contribution in [3.63, 3.8) is 0 Å². The minimum absolute atomic E-state index is 0.281. The molecule has 0 amide bonds. The maximum Gasteiger partial charge on any atom is 0.327 e. The number of carboxylic acids is 1. The number of hydrogen-bond acceptors (Lipinski definition) is 4. The van der Waals surface area contributed by atoms with Crippen LogP contribution in [0.15, 0.2) is 30.5 Å². The molecule has 8 nitrogen and oxygen atoms in total. The van der Waals surface area contributed by atoms with E-state index in [1.165, 1.54) is 10.8 Å². The Balaban J connectivity index is 2.43. The zero-order chi connectivity index (χ0) is 18.8. The molecule has 0 radical (unpaired) electrons. The molecule has 0 bridgehead atoms. The number of aliphatic carboxylic acids is 1. The van der Waals surface area contributed by atoms with Gasteiger partial charge in [-0.3, -0.25) is 18.4 Å². The molecule has 2 aromatic rings. The van der Waals surface area contributed by atoms with Crippen molar-refractivity contribution in [3.8, 4) is 0 Å². The van der Waals surface area contributed by atoms with E-state index in [1.807, 2.05) is 0 Å². The van der Waals surface area contributed by atoms with Crippen LogP contribution in [0.3, 0.4) is 0 Å². The van der Waals surface area contributed by atoms with Crippen molar-refractivity contribution < 1.29 is 28.2 Å². The van der Waals surface area contributed by atoms with Crippen LogP contribution in [0.1, 0.15) is 20.8 Å². The number of rotatable bonds is 6. The smallest absolute Gasteiger partial charge is 0.327 e. The lowest BCUT2D eigenvalue weighted by molar-refractivity contribution is -0.152. The van der Waals surface area contributed by atoms with E-state index in [4.69, 9.17) is 9.84 Å². The van der Waals surface area contributed by atoms with E-state index < -0.39 is 35.4 Å². The summed E-state index contributed by atoms with van der Waals surface area (Å²) >= 11 is -2.49. The molecule has 2 rings (SSSR count). The Kier molecular flexibility index (Phi) is 5.48. The fourth-order valence-electron chi connectivity index (χ4n) is 2.42. The van der Waals surface area contributed by atoms with Gasteiger partial charge in [0.15, 0.2) is 0 Å². The molecule has 25 heavy (non-hydrogen) atoms. The van der Waals surface area contributed by atoms with Crippen LogP contribution in [0.2, 0.25) is 0 Å². The summed E-state index contributed by atoms with van der Waals surface area (Å²) < 4.78 is 29.0. The predicted octanol–water partition coefficient (Wildman–Crippen LogP) is 2.01. The number of carbonyl (C=O) groups excluding carboxylic acids is 1. The minimum Gasteiger partial charge on any atom is -0.480 e. The number of nitrogens with zero attached hydrogens (tertiary/aromatic N) is 2. The lowest BCUT2D eigenvalue weighted by Gasteiger charge is -2.23. The molecule has 136 valence electrons. The van der Waals surface area contributed by atoms with Crippen molar-refractivity contribution in [1.29, 1.82) is 0 Å². The zero-order valence-corrected chi connectivity index (χ0v) is 14.9. The van der Waals surface area contributed by atoms with Crippen LogP contribution in [0.4, 0.5) is 5.69 Å². The highest BCUT2D eigenvalue weighted by Gasteiger charge is 2.25. The maximum atomic E-state index is 12.1. The largest absolute Gasteiger partial charge is 0.480 e. The number of esters is 1. The van der Waals surface area contributed by atoms with Crippen molar-refractivity contribution in [1.82, 2.24) is 4.57 Å². The minimum atomic E-state index is -2.49. The second-order valence-corrected chi connectivity index (χ2v) is 7.31. The van der Waals surface area contributed by atoms with Crippen molar-refractivity contribution in [2.24, 2.45) is 0 Å². The lowest BCUT2D eigenvalue weighted by atomic mass is 10.2. The molecule has 0 aliphatic heterocycles. The Hall–Kier alpha value is -2.39.